The second kappa shape index (κ2) is 6.68. The molecule has 1 heterocycles. The van der Waals surface area contributed by atoms with Gasteiger partial charge >= 0.3 is 0 Å². The summed E-state index contributed by atoms with van der Waals surface area (Å²) in [7, 11) is 2.09. The summed E-state index contributed by atoms with van der Waals surface area (Å²) < 4.78 is 0. The van der Waals surface area contributed by atoms with Gasteiger partial charge in [-0.2, -0.15) is 0 Å². The molecule has 1 saturated heterocycles. The fourth-order valence-electron chi connectivity index (χ4n) is 3.12. The average molecular weight is 269 g/mol. The largest absolute Gasteiger partial charge is 0.396 e. The fourth-order valence-corrected chi connectivity index (χ4v) is 3.12. The van der Waals surface area contributed by atoms with Gasteiger partial charge in [0.25, 0.3) is 0 Å². The van der Waals surface area contributed by atoms with Crippen molar-refractivity contribution in [1.82, 2.24) is 15.1 Å². The SMILES string of the molecule is CN1CCN(C(=O)CNCC2(CO)CCCC2)CC1. The fraction of sp³-hybridized carbons (Fsp3) is 0.929. The van der Waals surface area contributed by atoms with E-state index in [4.69, 9.17) is 0 Å². The van der Waals surface area contributed by atoms with Crippen LogP contribution >= 0.6 is 0 Å². The Kier molecular flexibility index (Phi) is 5.19. The zero-order valence-corrected chi connectivity index (χ0v) is 12.0. The van der Waals surface area contributed by atoms with Crippen molar-refractivity contribution in [3.05, 3.63) is 0 Å². The molecule has 2 rings (SSSR count). The smallest absolute Gasteiger partial charge is 0.236 e. The number of rotatable bonds is 5. The molecule has 2 N–H and O–H groups in total. The lowest BCUT2D eigenvalue weighted by molar-refractivity contribution is -0.131. The lowest BCUT2D eigenvalue weighted by atomic mass is 9.87. The Bertz CT molecular complexity index is 295. The highest BCUT2D eigenvalue weighted by Gasteiger charge is 2.33. The quantitative estimate of drug-likeness (QED) is 0.732. The number of carbonyl (C=O) groups is 1. The molecule has 1 aliphatic carbocycles. The van der Waals surface area contributed by atoms with Crippen molar-refractivity contribution in [3.8, 4) is 0 Å². The van der Waals surface area contributed by atoms with E-state index in [1.165, 1.54) is 12.8 Å². The van der Waals surface area contributed by atoms with Gasteiger partial charge in [-0.3, -0.25) is 4.79 Å². The topological polar surface area (TPSA) is 55.8 Å². The molecule has 0 spiro atoms. The third-order valence-corrected chi connectivity index (χ3v) is 4.63. The van der Waals surface area contributed by atoms with Crippen molar-refractivity contribution >= 4 is 5.91 Å². The molecular weight excluding hydrogens is 242 g/mol. The van der Waals surface area contributed by atoms with Crippen LogP contribution in [0.2, 0.25) is 0 Å². The van der Waals surface area contributed by atoms with Crippen LogP contribution in [-0.2, 0) is 4.79 Å². The third-order valence-electron chi connectivity index (χ3n) is 4.63. The maximum atomic E-state index is 12.1. The van der Waals surface area contributed by atoms with E-state index in [1.807, 2.05) is 4.90 Å². The lowest BCUT2D eigenvalue weighted by Crippen LogP contribution is -2.50. The van der Waals surface area contributed by atoms with E-state index in [0.717, 1.165) is 45.6 Å². The van der Waals surface area contributed by atoms with Crippen LogP contribution in [0.5, 0.6) is 0 Å². The second-order valence-electron chi connectivity index (χ2n) is 6.15. The predicted octanol–water partition coefficient (Wildman–Crippen LogP) is -0.0973. The summed E-state index contributed by atoms with van der Waals surface area (Å²) in [5.74, 6) is 0.194. The first kappa shape index (κ1) is 14.8. The van der Waals surface area contributed by atoms with Crippen LogP contribution in [0.15, 0.2) is 0 Å². The first-order valence-electron chi connectivity index (χ1n) is 7.43. The van der Waals surface area contributed by atoms with Crippen molar-refractivity contribution in [2.75, 3.05) is 52.9 Å². The lowest BCUT2D eigenvalue weighted by Gasteiger charge is -2.33. The average Bonchev–Trinajstić information content (AvgIpc) is 2.89. The molecule has 2 aliphatic rings. The molecule has 2 fully saturated rings. The van der Waals surface area contributed by atoms with Crippen LogP contribution in [0.1, 0.15) is 25.7 Å². The van der Waals surface area contributed by atoms with Gasteiger partial charge in [-0.1, -0.05) is 12.8 Å². The Hall–Kier alpha value is -0.650. The minimum Gasteiger partial charge on any atom is -0.396 e. The summed E-state index contributed by atoms with van der Waals surface area (Å²) in [6.45, 7) is 5.01. The maximum Gasteiger partial charge on any atom is 0.236 e. The summed E-state index contributed by atoms with van der Waals surface area (Å²) in [5, 5.41) is 12.8. The summed E-state index contributed by atoms with van der Waals surface area (Å²) in [6, 6.07) is 0. The van der Waals surface area contributed by atoms with Crippen molar-refractivity contribution in [3.63, 3.8) is 0 Å². The number of aliphatic hydroxyl groups excluding tert-OH is 1. The van der Waals surface area contributed by atoms with Crippen LogP contribution < -0.4 is 5.32 Å². The van der Waals surface area contributed by atoms with E-state index in [-0.39, 0.29) is 17.9 Å². The molecular formula is C14H27N3O2. The van der Waals surface area contributed by atoms with Crippen molar-refractivity contribution < 1.29 is 9.90 Å². The van der Waals surface area contributed by atoms with Gasteiger partial charge in [0.15, 0.2) is 0 Å². The molecule has 0 atom stereocenters. The minimum absolute atomic E-state index is 0.0302. The van der Waals surface area contributed by atoms with E-state index < -0.39 is 0 Å². The molecule has 0 unspecified atom stereocenters. The molecule has 0 aromatic heterocycles. The monoisotopic (exact) mass is 269 g/mol. The summed E-state index contributed by atoms with van der Waals surface area (Å²) in [6.07, 6.45) is 4.57. The van der Waals surface area contributed by atoms with Crippen LogP contribution in [0.25, 0.3) is 0 Å². The van der Waals surface area contributed by atoms with E-state index in [0.29, 0.717) is 6.54 Å². The minimum atomic E-state index is 0.0302. The highest BCUT2D eigenvalue weighted by molar-refractivity contribution is 5.78. The number of carbonyl (C=O) groups excluding carboxylic acids is 1. The van der Waals surface area contributed by atoms with Crippen LogP contribution in [0.4, 0.5) is 0 Å². The molecule has 1 amide bonds. The summed E-state index contributed by atoms with van der Waals surface area (Å²) >= 11 is 0. The molecule has 1 aliphatic heterocycles. The van der Waals surface area contributed by atoms with E-state index in [9.17, 15) is 9.90 Å². The zero-order chi connectivity index (χ0) is 13.7. The van der Waals surface area contributed by atoms with Crippen LogP contribution in [0.3, 0.4) is 0 Å². The van der Waals surface area contributed by atoms with Crippen molar-refractivity contribution in [1.29, 1.82) is 0 Å². The number of likely N-dealkylation sites (N-methyl/N-ethyl adjacent to an activating group) is 1. The van der Waals surface area contributed by atoms with Crippen molar-refractivity contribution in [2.45, 2.75) is 25.7 Å². The van der Waals surface area contributed by atoms with Gasteiger partial charge < -0.3 is 20.2 Å². The van der Waals surface area contributed by atoms with E-state index in [2.05, 4.69) is 17.3 Å². The van der Waals surface area contributed by atoms with Crippen LogP contribution in [0, 0.1) is 5.41 Å². The molecule has 1 saturated carbocycles. The van der Waals surface area contributed by atoms with E-state index >= 15 is 0 Å². The van der Waals surface area contributed by atoms with Gasteiger partial charge in [0, 0.05) is 44.7 Å². The number of nitrogens with zero attached hydrogens (tertiary/aromatic N) is 2. The Morgan fingerprint density at radius 2 is 1.84 bits per heavy atom. The number of piperazine rings is 1. The van der Waals surface area contributed by atoms with Gasteiger partial charge in [-0.05, 0) is 19.9 Å². The molecule has 110 valence electrons. The normalized spacial score (nSPS) is 23.8. The van der Waals surface area contributed by atoms with Crippen LogP contribution in [-0.4, -0.2) is 73.7 Å². The standard InChI is InChI=1S/C14H27N3O2/c1-16-6-8-17(9-7-16)13(19)10-15-11-14(12-18)4-2-3-5-14/h15,18H,2-12H2,1H3. The van der Waals surface area contributed by atoms with Gasteiger partial charge in [-0.25, -0.2) is 0 Å². The molecule has 5 nitrogen and oxygen atoms in total. The van der Waals surface area contributed by atoms with Crippen molar-refractivity contribution in [2.24, 2.45) is 5.41 Å². The number of nitrogens with one attached hydrogen (secondary N) is 1. The highest BCUT2D eigenvalue weighted by Crippen LogP contribution is 2.36. The number of amides is 1. The number of aliphatic hydroxyl groups is 1. The third kappa shape index (κ3) is 3.91. The first-order valence-corrected chi connectivity index (χ1v) is 7.43. The molecule has 0 radical (unpaired) electrons. The number of hydrogen-bond acceptors (Lipinski definition) is 4. The molecule has 5 heteroatoms. The van der Waals surface area contributed by atoms with E-state index in [1.54, 1.807) is 0 Å². The molecule has 0 bridgehead atoms. The molecule has 0 aromatic rings. The summed E-state index contributed by atoms with van der Waals surface area (Å²) in [4.78, 5) is 16.2. The zero-order valence-electron chi connectivity index (χ0n) is 12.0. The van der Waals surface area contributed by atoms with Gasteiger partial charge in [0.1, 0.15) is 0 Å². The van der Waals surface area contributed by atoms with Gasteiger partial charge in [-0.15, -0.1) is 0 Å². The maximum absolute atomic E-state index is 12.1. The first-order chi connectivity index (χ1) is 9.15. The second-order valence-corrected chi connectivity index (χ2v) is 6.15. The highest BCUT2D eigenvalue weighted by atomic mass is 16.3. The van der Waals surface area contributed by atoms with Gasteiger partial charge in [0.05, 0.1) is 6.54 Å². The predicted molar refractivity (Wildman–Crippen MR) is 74.9 cm³/mol. The molecule has 0 aromatic carbocycles. The Morgan fingerprint density at radius 3 is 2.42 bits per heavy atom. The Labute approximate surface area is 115 Å². The summed E-state index contributed by atoms with van der Waals surface area (Å²) in [5.41, 5.74) is 0.0302. The Morgan fingerprint density at radius 1 is 1.21 bits per heavy atom. The Balaban J connectivity index is 1.69. The van der Waals surface area contributed by atoms with Gasteiger partial charge in [0.2, 0.25) is 5.91 Å². The number of hydrogen-bond donors (Lipinski definition) is 2. The molecule has 19 heavy (non-hydrogen) atoms.